The fraction of sp³-hybridized carbons (Fsp3) is 0.321. The molecule has 0 unspecified atom stereocenters. The van der Waals surface area contributed by atoms with Crippen LogP contribution in [0.4, 0.5) is 24.7 Å². The normalized spacial score (nSPS) is 15.1. The van der Waals surface area contributed by atoms with E-state index in [0.29, 0.717) is 24.6 Å². The van der Waals surface area contributed by atoms with Crippen LogP contribution in [0.2, 0.25) is 0 Å². The molecule has 1 fully saturated rings. The third-order valence-electron chi connectivity index (χ3n) is 7.00. The zero-order chi connectivity index (χ0) is 27.7. The van der Waals surface area contributed by atoms with Gasteiger partial charge in [0.25, 0.3) is 0 Å². The molecular formula is C28H30F3N7O. The number of aryl methyl sites for hydroxylation is 1. The summed E-state index contributed by atoms with van der Waals surface area (Å²) >= 11 is 0. The van der Waals surface area contributed by atoms with Gasteiger partial charge in [0.1, 0.15) is 5.82 Å². The number of nitrogens with two attached hydrogens (primary N) is 1. The van der Waals surface area contributed by atoms with Gasteiger partial charge in [-0.05, 0) is 48.3 Å². The number of aromatic nitrogens is 3. The van der Waals surface area contributed by atoms with Crippen LogP contribution in [0.5, 0.6) is 0 Å². The SMILES string of the molecule is CN1CCN(Cc2ccc(NC(=O)Cc3cc(-c4ccc5cc(N)ncc5c4)n(C)n3)cc2C(F)(F)F)CC1. The summed E-state index contributed by atoms with van der Waals surface area (Å²) in [5.74, 6) is -0.00566. The van der Waals surface area contributed by atoms with E-state index >= 15 is 0 Å². The summed E-state index contributed by atoms with van der Waals surface area (Å²) in [5.41, 5.74) is 7.52. The molecule has 1 aliphatic heterocycles. The molecule has 0 saturated carbocycles. The van der Waals surface area contributed by atoms with Gasteiger partial charge < -0.3 is 16.0 Å². The summed E-state index contributed by atoms with van der Waals surface area (Å²) in [6.45, 7) is 3.27. The van der Waals surface area contributed by atoms with Crippen LogP contribution in [0.15, 0.2) is 54.7 Å². The van der Waals surface area contributed by atoms with Gasteiger partial charge in [-0.25, -0.2) is 4.98 Å². The smallest absolute Gasteiger partial charge is 0.384 e. The number of nitrogen functional groups attached to an aromatic ring is 1. The van der Waals surface area contributed by atoms with Gasteiger partial charge in [0, 0.05) is 62.6 Å². The molecule has 1 saturated heterocycles. The predicted octanol–water partition coefficient (Wildman–Crippen LogP) is 4.16. The van der Waals surface area contributed by atoms with Gasteiger partial charge in [0.15, 0.2) is 0 Å². The number of benzene rings is 2. The Kier molecular flexibility index (Phi) is 7.28. The zero-order valence-corrected chi connectivity index (χ0v) is 21.8. The summed E-state index contributed by atoms with van der Waals surface area (Å²) in [4.78, 5) is 21.1. The van der Waals surface area contributed by atoms with Crippen molar-refractivity contribution >= 4 is 28.2 Å². The number of rotatable bonds is 6. The van der Waals surface area contributed by atoms with E-state index < -0.39 is 17.6 Å². The highest BCUT2D eigenvalue weighted by Gasteiger charge is 2.34. The molecule has 0 bridgehead atoms. The molecule has 0 aliphatic carbocycles. The number of amides is 1. The number of carbonyl (C=O) groups is 1. The van der Waals surface area contributed by atoms with Gasteiger partial charge in [-0.2, -0.15) is 18.3 Å². The van der Waals surface area contributed by atoms with Crippen LogP contribution in [-0.4, -0.2) is 63.7 Å². The number of halogens is 3. The lowest BCUT2D eigenvalue weighted by molar-refractivity contribution is -0.138. The number of alkyl halides is 3. The van der Waals surface area contributed by atoms with Crippen molar-refractivity contribution in [1.29, 1.82) is 0 Å². The van der Waals surface area contributed by atoms with Crippen molar-refractivity contribution in [2.45, 2.75) is 19.1 Å². The topological polar surface area (TPSA) is 92.3 Å². The Labute approximate surface area is 224 Å². The number of likely N-dealkylation sites (N-methyl/N-ethyl adjacent to an activating group) is 1. The molecule has 3 N–H and O–H groups in total. The van der Waals surface area contributed by atoms with E-state index in [0.717, 1.165) is 41.2 Å². The Morgan fingerprint density at radius 2 is 1.77 bits per heavy atom. The first-order valence-corrected chi connectivity index (χ1v) is 12.6. The minimum Gasteiger partial charge on any atom is -0.384 e. The van der Waals surface area contributed by atoms with Crippen molar-refractivity contribution < 1.29 is 18.0 Å². The number of nitrogens with one attached hydrogen (secondary N) is 1. The number of anilines is 2. The number of hydrogen-bond acceptors (Lipinski definition) is 6. The molecule has 5 rings (SSSR count). The molecule has 2 aromatic heterocycles. The van der Waals surface area contributed by atoms with Crippen molar-refractivity contribution in [2.24, 2.45) is 7.05 Å². The van der Waals surface area contributed by atoms with E-state index in [1.54, 1.807) is 30.1 Å². The number of fused-ring (bicyclic) bond motifs is 1. The van der Waals surface area contributed by atoms with Crippen molar-refractivity contribution in [2.75, 3.05) is 44.3 Å². The number of nitrogens with zero attached hydrogens (tertiary/aromatic N) is 5. The lowest BCUT2D eigenvalue weighted by Gasteiger charge is -2.33. The van der Waals surface area contributed by atoms with Gasteiger partial charge in [-0.3, -0.25) is 14.4 Å². The second-order valence-electron chi connectivity index (χ2n) is 9.99. The van der Waals surface area contributed by atoms with Crippen LogP contribution >= 0.6 is 0 Å². The van der Waals surface area contributed by atoms with Crippen molar-refractivity contribution in [3.05, 3.63) is 71.5 Å². The lowest BCUT2D eigenvalue weighted by Crippen LogP contribution is -2.44. The van der Waals surface area contributed by atoms with E-state index in [1.165, 1.54) is 12.1 Å². The number of piperazine rings is 1. The Hall–Kier alpha value is -3.96. The standard InChI is InChI=1S/C28H30F3N7O/c1-36-7-9-38(10-8-36)17-20-5-6-22(13-24(20)28(29,30)31)34-27(39)15-23-14-25(37(2)35-23)19-4-3-18-12-26(32)33-16-21(18)11-19/h3-6,11-14,16H,7-10,15,17H2,1-2H3,(H2,32,33)(H,34,39). The molecule has 0 spiro atoms. The maximum atomic E-state index is 13.9. The average Bonchev–Trinajstić information content (AvgIpc) is 3.24. The van der Waals surface area contributed by atoms with Gasteiger partial charge in [-0.1, -0.05) is 18.2 Å². The third kappa shape index (κ3) is 6.21. The minimum absolute atomic E-state index is 0.0795. The number of carbonyl (C=O) groups excluding carboxylic acids is 1. The Morgan fingerprint density at radius 1 is 1.00 bits per heavy atom. The highest BCUT2D eigenvalue weighted by atomic mass is 19.4. The van der Waals surface area contributed by atoms with Crippen LogP contribution in [-0.2, 0) is 31.0 Å². The van der Waals surface area contributed by atoms with Gasteiger partial charge in [0.2, 0.25) is 5.91 Å². The largest absolute Gasteiger partial charge is 0.416 e. The molecule has 2 aromatic carbocycles. The van der Waals surface area contributed by atoms with E-state index in [2.05, 4.69) is 20.3 Å². The Balaban J connectivity index is 1.29. The monoisotopic (exact) mass is 537 g/mol. The maximum Gasteiger partial charge on any atom is 0.416 e. The molecule has 3 heterocycles. The minimum atomic E-state index is -4.53. The molecule has 1 aliphatic rings. The van der Waals surface area contributed by atoms with Gasteiger partial charge in [0.05, 0.1) is 23.4 Å². The Morgan fingerprint density at radius 3 is 2.51 bits per heavy atom. The van der Waals surface area contributed by atoms with Crippen LogP contribution < -0.4 is 11.1 Å². The number of pyridine rings is 1. The Bertz CT molecular complexity index is 1510. The zero-order valence-electron chi connectivity index (χ0n) is 21.8. The van der Waals surface area contributed by atoms with E-state index in [-0.39, 0.29) is 24.2 Å². The molecule has 0 atom stereocenters. The molecule has 8 nitrogen and oxygen atoms in total. The van der Waals surface area contributed by atoms with Crippen LogP contribution in [0.3, 0.4) is 0 Å². The van der Waals surface area contributed by atoms with Gasteiger partial charge in [-0.15, -0.1) is 0 Å². The molecule has 0 radical (unpaired) electrons. The van der Waals surface area contributed by atoms with Crippen LogP contribution in [0.1, 0.15) is 16.8 Å². The van der Waals surface area contributed by atoms with E-state index in [4.69, 9.17) is 5.73 Å². The average molecular weight is 538 g/mol. The first-order valence-electron chi connectivity index (χ1n) is 12.6. The first-order chi connectivity index (χ1) is 18.5. The van der Waals surface area contributed by atoms with Crippen molar-refractivity contribution in [3.63, 3.8) is 0 Å². The van der Waals surface area contributed by atoms with E-state index in [9.17, 15) is 18.0 Å². The highest BCUT2D eigenvalue weighted by Crippen LogP contribution is 2.35. The second-order valence-corrected chi connectivity index (χ2v) is 9.99. The summed E-state index contributed by atoms with van der Waals surface area (Å²) in [6, 6.07) is 13.4. The summed E-state index contributed by atoms with van der Waals surface area (Å²) in [7, 11) is 3.77. The third-order valence-corrected chi connectivity index (χ3v) is 7.00. The molecule has 1 amide bonds. The molecule has 39 heavy (non-hydrogen) atoms. The lowest BCUT2D eigenvalue weighted by atomic mass is 10.0. The quantitative estimate of drug-likeness (QED) is 0.384. The van der Waals surface area contributed by atoms with Crippen molar-refractivity contribution in [1.82, 2.24) is 24.6 Å². The predicted molar refractivity (Wildman–Crippen MR) is 145 cm³/mol. The maximum absolute atomic E-state index is 13.9. The summed E-state index contributed by atoms with van der Waals surface area (Å²) in [6.07, 6.45) is -2.91. The molecule has 4 aromatic rings. The first kappa shape index (κ1) is 26.6. The van der Waals surface area contributed by atoms with Gasteiger partial charge >= 0.3 is 6.18 Å². The molecule has 11 heteroatoms. The molecular weight excluding hydrogens is 507 g/mol. The second kappa shape index (κ2) is 10.7. The summed E-state index contributed by atoms with van der Waals surface area (Å²) < 4.78 is 43.3. The number of hydrogen-bond donors (Lipinski definition) is 2. The molecule has 204 valence electrons. The fourth-order valence-corrected chi connectivity index (χ4v) is 4.87. The van der Waals surface area contributed by atoms with Crippen LogP contribution in [0.25, 0.3) is 22.0 Å². The van der Waals surface area contributed by atoms with Crippen molar-refractivity contribution in [3.8, 4) is 11.3 Å². The highest BCUT2D eigenvalue weighted by molar-refractivity contribution is 5.92. The summed E-state index contributed by atoms with van der Waals surface area (Å²) in [5, 5.41) is 8.92. The fourth-order valence-electron chi connectivity index (χ4n) is 4.87. The van der Waals surface area contributed by atoms with E-state index in [1.807, 2.05) is 30.1 Å². The van der Waals surface area contributed by atoms with Crippen LogP contribution in [0, 0.1) is 0 Å².